The molecular weight excluding hydrogens is 274 g/mol. The second-order valence-corrected chi connectivity index (χ2v) is 7.07. The SMILES string of the molecule is CC(C)(C)c1nc(C(=O)NC(C)(C)c2nccs2)n[nH]1. The Bertz CT molecular complexity index is 595. The molecule has 2 rings (SSSR count). The molecule has 2 aromatic heterocycles. The molecule has 108 valence electrons. The van der Waals surface area contributed by atoms with Gasteiger partial charge in [-0.05, 0) is 13.8 Å². The summed E-state index contributed by atoms with van der Waals surface area (Å²) >= 11 is 1.50. The van der Waals surface area contributed by atoms with Crippen LogP contribution < -0.4 is 5.32 Å². The molecule has 0 fully saturated rings. The van der Waals surface area contributed by atoms with Crippen LogP contribution in [0.15, 0.2) is 11.6 Å². The highest BCUT2D eigenvalue weighted by molar-refractivity contribution is 7.09. The largest absolute Gasteiger partial charge is 0.338 e. The number of carbonyl (C=O) groups excluding carboxylic acids is 1. The van der Waals surface area contributed by atoms with Gasteiger partial charge in [-0.15, -0.1) is 16.4 Å². The zero-order valence-electron chi connectivity index (χ0n) is 12.3. The summed E-state index contributed by atoms with van der Waals surface area (Å²) in [6.07, 6.45) is 1.72. The van der Waals surface area contributed by atoms with E-state index >= 15 is 0 Å². The highest BCUT2D eigenvalue weighted by Gasteiger charge is 2.28. The van der Waals surface area contributed by atoms with Gasteiger partial charge in [0.05, 0.1) is 5.54 Å². The first-order chi connectivity index (χ1) is 9.20. The van der Waals surface area contributed by atoms with Gasteiger partial charge in [0.15, 0.2) is 0 Å². The van der Waals surface area contributed by atoms with Crippen LogP contribution in [0.5, 0.6) is 0 Å². The quantitative estimate of drug-likeness (QED) is 0.909. The molecule has 0 spiro atoms. The van der Waals surface area contributed by atoms with E-state index in [4.69, 9.17) is 0 Å². The molecule has 1 amide bonds. The van der Waals surface area contributed by atoms with Gasteiger partial charge in [-0.25, -0.2) is 9.97 Å². The predicted octanol–water partition coefficient (Wildman–Crippen LogP) is 2.22. The average Bonchev–Trinajstić information content (AvgIpc) is 3.00. The summed E-state index contributed by atoms with van der Waals surface area (Å²) in [6, 6.07) is 0. The predicted molar refractivity (Wildman–Crippen MR) is 77.7 cm³/mol. The molecule has 0 radical (unpaired) electrons. The molecule has 0 saturated heterocycles. The minimum Gasteiger partial charge on any atom is -0.338 e. The van der Waals surface area contributed by atoms with Gasteiger partial charge >= 0.3 is 0 Å². The van der Waals surface area contributed by atoms with Crippen LogP contribution >= 0.6 is 11.3 Å². The molecule has 0 aliphatic heterocycles. The van der Waals surface area contributed by atoms with Crippen molar-refractivity contribution < 1.29 is 4.79 Å². The number of amides is 1. The molecule has 7 heteroatoms. The fourth-order valence-corrected chi connectivity index (χ4v) is 2.34. The second kappa shape index (κ2) is 4.97. The Labute approximate surface area is 122 Å². The van der Waals surface area contributed by atoms with Crippen molar-refractivity contribution in [2.45, 2.75) is 45.6 Å². The Balaban J connectivity index is 2.15. The van der Waals surface area contributed by atoms with Gasteiger partial charge in [0.25, 0.3) is 5.91 Å². The lowest BCUT2D eigenvalue weighted by Gasteiger charge is -2.22. The van der Waals surface area contributed by atoms with E-state index in [9.17, 15) is 4.79 Å². The Hall–Kier alpha value is -1.76. The molecule has 20 heavy (non-hydrogen) atoms. The highest BCUT2D eigenvalue weighted by atomic mass is 32.1. The summed E-state index contributed by atoms with van der Waals surface area (Å²) in [5.74, 6) is 0.534. The topological polar surface area (TPSA) is 83.6 Å². The van der Waals surface area contributed by atoms with Crippen molar-refractivity contribution in [1.82, 2.24) is 25.5 Å². The summed E-state index contributed by atoms with van der Waals surface area (Å²) in [5.41, 5.74) is -0.718. The van der Waals surface area contributed by atoms with E-state index in [2.05, 4.69) is 25.5 Å². The maximum Gasteiger partial charge on any atom is 0.291 e. The van der Waals surface area contributed by atoms with Crippen LogP contribution in [0, 0.1) is 0 Å². The zero-order chi connectivity index (χ0) is 15.0. The number of nitrogens with one attached hydrogen (secondary N) is 2. The summed E-state index contributed by atoms with van der Waals surface area (Å²) < 4.78 is 0. The summed E-state index contributed by atoms with van der Waals surface area (Å²) in [4.78, 5) is 20.7. The Morgan fingerprint density at radius 3 is 2.50 bits per heavy atom. The van der Waals surface area contributed by atoms with Gasteiger partial charge in [0.2, 0.25) is 5.82 Å². The molecule has 2 N–H and O–H groups in total. The third-order valence-electron chi connectivity index (χ3n) is 2.79. The van der Waals surface area contributed by atoms with Crippen LogP contribution in [-0.4, -0.2) is 26.1 Å². The van der Waals surface area contributed by atoms with E-state index < -0.39 is 5.54 Å². The lowest BCUT2D eigenvalue weighted by atomic mass is 9.96. The number of aromatic amines is 1. The number of thiazole rings is 1. The van der Waals surface area contributed by atoms with E-state index in [-0.39, 0.29) is 17.1 Å². The number of aromatic nitrogens is 4. The van der Waals surface area contributed by atoms with Crippen LogP contribution in [0.25, 0.3) is 0 Å². The molecule has 2 aromatic rings. The van der Waals surface area contributed by atoms with E-state index in [0.29, 0.717) is 5.82 Å². The minimum atomic E-state index is -0.548. The van der Waals surface area contributed by atoms with E-state index in [1.165, 1.54) is 11.3 Å². The lowest BCUT2D eigenvalue weighted by molar-refractivity contribution is 0.0901. The van der Waals surface area contributed by atoms with E-state index in [1.807, 2.05) is 40.0 Å². The Morgan fingerprint density at radius 1 is 1.30 bits per heavy atom. The van der Waals surface area contributed by atoms with Crippen LogP contribution in [0.4, 0.5) is 0 Å². The van der Waals surface area contributed by atoms with Crippen molar-refractivity contribution in [1.29, 1.82) is 0 Å². The number of hydrogen-bond acceptors (Lipinski definition) is 5. The number of nitrogens with zero attached hydrogens (tertiary/aromatic N) is 3. The summed E-state index contributed by atoms with van der Waals surface area (Å²) in [7, 11) is 0. The van der Waals surface area contributed by atoms with Crippen molar-refractivity contribution in [3.05, 3.63) is 28.2 Å². The lowest BCUT2D eigenvalue weighted by Crippen LogP contribution is -2.41. The third kappa shape index (κ3) is 3.04. The van der Waals surface area contributed by atoms with Gasteiger partial charge in [0.1, 0.15) is 10.8 Å². The number of carbonyl (C=O) groups is 1. The summed E-state index contributed by atoms with van der Waals surface area (Å²) in [6.45, 7) is 9.83. The smallest absolute Gasteiger partial charge is 0.291 e. The van der Waals surface area contributed by atoms with Gasteiger partial charge in [-0.1, -0.05) is 20.8 Å². The van der Waals surface area contributed by atoms with Crippen LogP contribution in [0.2, 0.25) is 0 Å². The molecule has 6 nitrogen and oxygen atoms in total. The molecular formula is C13H19N5OS. The molecule has 0 atom stereocenters. The Kier molecular flexibility index (Phi) is 3.64. The maximum absolute atomic E-state index is 12.2. The number of hydrogen-bond donors (Lipinski definition) is 2. The van der Waals surface area contributed by atoms with Gasteiger partial charge in [-0.2, -0.15) is 0 Å². The first-order valence-corrected chi connectivity index (χ1v) is 7.23. The monoisotopic (exact) mass is 293 g/mol. The van der Waals surface area contributed by atoms with Crippen LogP contribution in [0.1, 0.15) is 56.1 Å². The van der Waals surface area contributed by atoms with Gasteiger partial charge < -0.3 is 5.32 Å². The average molecular weight is 293 g/mol. The second-order valence-electron chi connectivity index (χ2n) is 6.17. The zero-order valence-corrected chi connectivity index (χ0v) is 13.1. The highest BCUT2D eigenvalue weighted by Crippen LogP contribution is 2.22. The molecule has 2 heterocycles. The van der Waals surface area contributed by atoms with Crippen molar-refractivity contribution >= 4 is 17.2 Å². The van der Waals surface area contributed by atoms with Crippen LogP contribution in [-0.2, 0) is 11.0 Å². The summed E-state index contributed by atoms with van der Waals surface area (Å²) in [5, 5.41) is 12.4. The fourth-order valence-electron chi connectivity index (χ4n) is 1.62. The first kappa shape index (κ1) is 14.6. The van der Waals surface area contributed by atoms with Crippen molar-refractivity contribution in [2.75, 3.05) is 0 Å². The fraction of sp³-hybridized carbons (Fsp3) is 0.538. The van der Waals surface area contributed by atoms with Crippen molar-refractivity contribution in [3.63, 3.8) is 0 Å². The van der Waals surface area contributed by atoms with E-state index in [0.717, 1.165) is 5.01 Å². The standard InChI is InChI=1S/C13H19N5OS/c1-12(2,3)10-15-8(17-18-10)9(19)16-13(4,5)11-14-6-7-20-11/h6-7H,1-5H3,(H,16,19)(H,15,17,18). The van der Waals surface area contributed by atoms with Gasteiger partial charge in [-0.3, -0.25) is 9.89 Å². The van der Waals surface area contributed by atoms with E-state index in [1.54, 1.807) is 6.20 Å². The van der Waals surface area contributed by atoms with Crippen LogP contribution in [0.3, 0.4) is 0 Å². The first-order valence-electron chi connectivity index (χ1n) is 6.35. The molecule has 0 aromatic carbocycles. The minimum absolute atomic E-state index is 0.152. The van der Waals surface area contributed by atoms with Crippen molar-refractivity contribution in [3.8, 4) is 0 Å². The Morgan fingerprint density at radius 2 is 2.00 bits per heavy atom. The molecule has 0 aliphatic carbocycles. The molecule has 0 unspecified atom stereocenters. The van der Waals surface area contributed by atoms with Crippen molar-refractivity contribution in [2.24, 2.45) is 0 Å². The molecule has 0 saturated carbocycles. The normalized spacial score (nSPS) is 12.4. The molecule has 0 aliphatic rings. The van der Waals surface area contributed by atoms with Gasteiger partial charge in [0, 0.05) is 17.0 Å². The number of H-pyrrole nitrogens is 1. The maximum atomic E-state index is 12.2. The molecule has 0 bridgehead atoms. The third-order valence-corrected chi connectivity index (χ3v) is 3.89. The number of rotatable bonds is 3.